The van der Waals surface area contributed by atoms with E-state index in [9.17, 15) is 4.79 Å². The number of pyridine rings is 1. The summed E-state index contributed by atoms with van der Waals surface area (Å²) in [6.45, 7) is 2.81. The molecule has 0 spiro atoms. The summed E-state index contributed by atoms with van der Waals surface area (Å²) in [5.41, 5.74) is 1.45. The van der Waals surface area contributed by atoms with E-state index in [-0.39, 0.29) is 5.91 Å². The minimum atomic E-state index is 0.0585. The van der Waals surface area contributed by atoms with Gasteiger partial charge in [-0.2, -0.15) is 0 Å². The van der Waals surface area contributed by atoms with Crippen molar-refractivity contribution in [2.45, 2.75) is 12.8 Å². The number of benzene rings is 1. The number of aromatic nitrogens is 1. The third-order valence-electron chi connectivity index (χ3n) is 4.14. The monoisotopic (exact) mass is 341 g/mol. The molecule has 0 aliphatic carbocycles. The van der Waals surface area contributed by atoms with Gasteiger partial charge in [-0.1, -0.05) is 0 Å². The summed E-state index contributed by atoms with van der Waals surface area (Å²) in [5.74, 6) is 1.65. The van der Waals surface area contributed by atoms with E-state index in [0.717, 1.165) is 43.1 Å². The van der Waals surface area contributed by atoms with Gasteiger partial charge in [-0.3, -0.25) is 9.78 Å². The van der Waals surface area contributed by atoms with Gasteiger partial charge in [-0.25, -0.2) is 0 Å². The van der Waals surface area contributed by atoms with Crippen LogP contribution in [0, 0.1) is 0 Å². The maximum absolute atomic E-state index is 12.4. The van der Waals surface area contributed by atoms with Gasteiger partial charge in [0, 0.05) is 32.0 Å². The molecule has 2 heterocycles. The SMILES string of the molecule is COc1ccc(OCCNc2cncc(C(=O)N3CCCC3)c2)cc1. The van der Waals surface area contributed by atoms with Crippen molar-refractivity contribution in [3.05, 3.63) is 48.3 Å². The predicted molar refractivity (Wildman–Crippen MR) is 96.4 cm³/mol. The Kier molecular flexibility index (Phi) is 5.72. The van der Waals surface area contributed by atoms with Crippen LogP contribution in [0.2, 0.25) is 0 Å². The Balaban J connectivity index is 1.47. The van der Waals surface area contributed by atoms with Crippen LogP contribution in [0.15, 0.2) is 42.7 Å². The molecule has 0 radical (unpaired) electrons. The fraction of sp³-hybridized carbons (Fsp3) is 0.368. The Morgan fingerprint density at radius 2 is 1.88 bits per heavy atom. The number of methoxy groups -OCH3 is 1. The van der Waals surface area contributed by atoms with Gasteiger partial charge in [0.05, 0.1) is 18.4 Å². The van der Waals surface area contributed by atoms with Gasteiger partial charge in [0.25, 0.3) is 5.91 Å². The summed E-state index contributed by atoms with van der Waals surface area (Å²) in [6, 6.07) is 9.31. The molecule has 0 unspecified atom stereocenters. The fourth-order valence-corrected chi connectivity index (χ4v) is 2.79. The first kappa shape index (κ1) is 17.1. The second-order valence-electron chi connectivity index (χ2n) is 5.91. The largest absolute Gasteiger partial charge is 0.497 e. The van der Waals surface area contributed by atoms with Gasteiger partial charge in [-0.05, 0) is 43.2 Å². The molecule has 0 atom stereocenters. The lowest BCUT2D eigenvalue weighted by Gasteiger charge is -2.15. The number of nitrogens with zero attached hydrogens (tertiary/aromatic N) is 2. The average Bonchev–Trinajstić information content (AvgIpc) is 3.20. The first-order valence-corrected chi connectivity index (χ1v) is 8.51. The minimum absolute atomic E-state index is 0.0585. The van der Waals surface area contributed by atoms with Crippen molar-refractivity contribution in [1.82, 2.24) is 9.88 Å². The van der Waals surface area contributed by atoms with Crippen LogP contribution < -0.4 is 14.8 Å². The molecule has 1 aliphatic heterocycles. The van der Waals surface area contributed by atoms with Crippen molar-refractivity contribution in [2.24, 2.45) is 0 Å². The zero-order chi connectivity index (χ0) is 17.5. The molecule has 1 N–H and O–H groups in total. The molecular weight excluding hydrogens is 318 g/mol. The average molecular weight is 341 g/mol. The van der Waals surface area contributed by atoms with Gasteiger partial charge in [0.1, 0.15) is 18.1 Å². The number of hydrogen-bond donors (Lipinski definition) is 1. The van der Waals surface area contributed by atoms with E-state index >= 15 is 0 Å². The van der Waals surface area contributed by atoms with Crippen molar-refractivity contribution in [2.75, 3.05) is 38.7 Å². The molecule has 1 aromatic heterocycles. The van der Waals surface area contributed by atoms with E-state index in [4.69, 9.17) is 9.47 Å². The van der Waals surface area contributed by atoms with Crippen LogP contribution in [-0.2, 0) is 0 Å². The van der Waals surface area contributed by atoms with E-state index in [2.05, 4.69) is 10.3 Å². The van der Waals surface area contributed by atoms with Crippen molar-refractivity contribution >= 4 is 11.6 Å². The molecule has 1 aromatic carbocycles. The van der Waals surface area contributed by atoms with Crippen LogP contribution in [0.3, 0.4) is 0 Å². The van der Waals surface area contributed by atoms with Crippen LogP contribution in [0.25, 0.3) is 0 Å². The van der Waals surface area contributed by atoms with Crippen LogP contribution in [0.4, 0.5) is 5.69 Å². The molecular formula is C19H23N3O3. The molecule has 1 aliphatic rings. The second kappa shape index (κ2) is 8.37. The smallest absolute Gasteiger partial charge is 0.255 e. The predicted octanol–water partition coefficient (Wildman–Crippen LogP) is 2.82. The van der Waals surface area contributed by atoms with E-state index in [1.54, 1.807) is 19.5 Å². The third kappa shape index (κ3) is 4.62. The van der Waals surface area contributed by atoms with Crippen LogP contribution in [0.1, 0.15) is 23.2 Å². The molecule has 1 amide bonds. The number of ether oxygens (including phenoxy) is 2. The minimum Gasteiger partial charge on any atom is -0.497 e. The third-order valence-corrected chi connectivity index (χ3v) is 4.14. The summed E-state index contributed by atoms with van der Waals surface area (Å²) < 4.78 is 10.8. The topological polar surface area (TPSA) is 63.7 Å². The number of amides is 1. The first-order valence-electron chi connectivity index (χ1n) is 8.51. The van der Waals surface area contributed by atoms with Crippen LogP contribution in [0.5, 0.6) is 11.5 Å². The van der Waals surface area contributed by atoms with E-state index < -0.39 is 0 Å². The molecule has 0 saturated carbocycles. The highest BCUT2D eigenvalue weighted by molar-refractivity contribution is 5.94. The highest BCUT2D eigenvalue weighted by Gasteiger charge is 2.19. The van der Waals surface area contributed by atoms with E-state index in [1.165, 1.54) is 0 Å². The fourth-order valence-electron chi connectivity index (χ4n) is 2.79. The molecule has 2 aromatic rings. The maximum atomic E-state index is 12.4. The van der Waals surface area contributed by atoms with Crippen LogP contribution >= 0.6 is 0 Å². The molecule has 132 valence electrons. The molecule has 0 bridgehead atoms. The lowest BCUT2D eigenvalue weighted by molar-refractivity contribution is 0.0792. The molecule has 1 fully saturated rings. The highest BCUT2D eigenvalue weighted by Crippen LogP contribution is 2.17. The number of carbonyl (C=O) groups is 1. The summed E-state index contributed by atoms with van der Waals surface area (Å²) in [5, 5.41) is 3.24. The van der Waals surface area contributed by atoms with E-state index in [1.807, 2.05) is 35.2 Å². The number of anilines is 1. The summed E-state index contributed by atoms with van der Waals surface area (Å²) >= 11 is 0. The maximum Gasteiger partial charge on any atom is 0.255 e. The molecule has 1 saturated heterocycles. The normalized spacial score (nSPS) is 13.6. The summed E-state index contributed by atoms with van der Waals surface area (Å²) in [4.78, 5) is 18.4. The van der Waals surface area contributed by atoms with Crippen molar-refractivity contribution < 1.29 is 14.3 Å². The second-order valence-corrected chi connectivity index (χ2v) is 5.91. The zero-order valence-corrected chi connectivity index (χ0v) is 14.4. The summed E-state index contributed by atoms with van der Waals surface area (Å²) in [7, 11) is 1.64. The van der Waals surface area contributed by atoms with Crippen molar-refractivity contribution in [3.63, 3.8) is 0 Å². The Morgan fingerprint density at radius 1 is 1.16 bits per heavy atom. The lowest BCUT2D eigenvalue weighted by atomic mass is 10.2. The van der Waals surface area contributed by atoms with Crippen molar-refractivity contribution in [1.29, 1.82) is 0 Å². The molecule has 25 heavy (non-hydrogen) atoms. The number of hydrogen-bond acceptors (Lipinski definition) is 5. The number of rotatable bonds is 7. The van der Waals surface area contributed by atoms with E-state index in [0.29, 0.717) is 18.7 Å². The summed E-state index contributed by atoms with van der Waals surface area (Å²) in [6.07, 6.45) is 5.51. The van der Waals surface area contributed by atoms with Gasteiger partial charge in [0.15, 0.2) is 0 Å². The molecule has 6 nitrogen and oxygen atoms in total. The lowest BCUT2D eigenvalue weighted by Crippen LogP contribution is -2.27. The van der Waals surface area contributed by atoms with Gasteiger partial charge in [-0.15, -0.1) is 0 Å². The molecule has 3 rings (SSSR count). The highest BCUT2D eigenvalue weighted by atomic mass is 16.5. The Bertz CT molecular complexity index is 697. The number of carbonyl (C=O) groups excluding carboxylic acids is 1. The Hall–Kier alpha value is -2.76. The standard InChI is InChI=1S/C19H23N3O3/c1-24-17-4-6-18(7-5-17)25-11-8-21-16-12-15(13-20-14-16)19(23)22-9-2-3-10-22/h4-7,12-14,21H,2-3,8-11H2,1H3. The van der Waals surface area contributed by atoms with Gasteiger partial charge < -0.3 is 19.7 Å². The number of likely N-dealkylation sites (tertiary alicyclic amines) is 1. The molecule has 6 heteroatoms. The number of nitrogens with one attached hydrogen (secondary N) is 1. The van der Waals surface area contributed by atoms with Crippen molar-refractivity contribution in [3.8, 4) is 11.5 Å². The Morgan fingerprint density at radius 3 is 2.60 bits per heavy atom. The first-order chi connectivity index (χ1) is 12.3. The van der Waals surface area contributed by atoms with Gasteiger partial charge in [0.2, 0.25) is 0 Å². The van der Waals surface area contributed by atoms with Crippen LogP contribution in [-0.4, -0.2) is 49.1 Å². The zero-order valence-electron chi connectivity index (χ0n) is 14.4. The Labute approximate surface area is 147 Å². The van der Waals surface area contributed by atoms with Gasteiger partial charge >= 0.3 is 0 Å². The quantitative estimate of drug-likeness (QED) is 0.785.